The van der Waals surface area contributed by atoms with Crippen molar-refractivity contribution in [2.75, 3.05) is 5.88 Å². The Balaban J connectivity index is 1.96. The van der Waals surface area contributed by atoms with Gasteiger partial charge >= 0.3 is 0 Å². The average Bonchev–Trinajstić information content (AvgIpc) is 2.91. The van der Waals surface area contributed by atoms with Gasteiger partial charge in [-0.05, 0) is 24.0 Å². The van der Waals surface area contributed by atoms with Gasteiger partial charge in [0.1, 0.15) is 5.75 Å². The molecule has 0 saturated heterocycles. The SMILES string of the molecule is CC(C)c1ccccc1OCc1nnc(CCCCl)o1. The third kappa shape index (κ3) is 3.97. The molecule has 0 atom stereocenters. The molecule has 20 heavy (non-hydrogen) atoms. The first-order valence-corrected chi connectivity index (χ1v) is 7.33. The smallest absolute Gasteiger partial charge is 0.253 e. The molecule has 0 aliphatic heterocycles. The zero-order valence-electron chi connectivity index (χ0n) is 11.8. The molecule has 2 aromatic rings. The second kappa shape index (κ2) is 7.29. The topological polar surface area (TPSA) is 48.2 Å². The van der Waals surface area contributed by atoms with Gasteiger partial charge in [0, 0.05) is 12.3 Å². The summed E-state index contributed by atoms with van der Waals surface area (Å²) in [4.78, 5) is 0. The van der Waals surface area contributed by atoms with Crippen LogP contribution in [0, 0.1) is 0 Å². The van der Waals surface area contributed by atoms with Crippen molar-refractivity contribution >= 4 is 11.6 Å². The summed E-state index contributed by atoms with van der Waals surface area (Å²) in [6.45, 7) is 4.57. The number of hydrogen-bond donors (Lipinski definition) is 0. The van der Waals surface area contributed by atoms with Crippen molar-refractivity contribution in [1.82, 2.24) is 10.2 Å². The molecule has 0 N–H and O–H groups in total. The number of nitrogens with zero attached hydrogens (tertiary/aromatic N) is 2. The number of benzene rings is 1. The predicted octanol–water partition coefficient (Wildman–Crippen LogP) is 3.94. The Morgan fingerprint density at radius 3 is 2.70 bits per heavy atom. The molecule has 0 unspecified atom stereocenters. The van der Waals surface area contributed by atoms with Crippen LogP contribution < -0.4 is 4.74 Å². The number of alkyl halides is 1. The lowest BCUT2D eigenvalue weighted by atomic mass is 10.0. The maximum absolute atomic E-state index is 5.78. The number of aryl methyl sites for hydroxylation is 1. The van der Waals surface area contributed by atoms with Crippen LogP contribution in [0.2, 0.25) is 0 Å². The fourth-order valence-electron chi connectivity index (χ4n) is 1.89. The molecule has 0 spiro atoms. The van der Waals surface area contributed by atoms with Crippen LogP contribution in [0.4, 0.5) is 0 Å². The Labute approximate surface area is 124 Å². The van der Waals surface area contributed by atoms with Crippen molar-refractivity contribution in [3.05, 3.63) is 41.6 Å². The minimum absolute atomic E-state index is 0.289. The first-order valence-electron chi connectivity index (χ1n) is 6.79. The van der Waals surface area contributed by atoms with Crippen molar-refractivity contribution in [2.24, 2.45) is 0 Å². The average molecular weight is 295 g/mol. The highest BCUT2D eigenvalue weighted by atomic mass is 35.5. The molecular weight excluding hydrogens is 276 g/mol. The largest absolute Gasteiger partial charge is 0.484 e. The van der Waals surface area contributed by atoms with Gasteiger partial charge in [-0.25, -0.2) is 0 Å². The molecule has 2 rings (SSSR count). The highest BCUT2D eigenvalue weighted by molar-refractivity contribution is 6.17. The Bertz CT molecular complexity index is 540. The van der Waals surface area contributed by atoms with Crippen molar-refractivity contribution in [3.8, 4) is 5.75 Å². The van der Waals surface area contributed by atoms with E-state index in [0.29, 0.717) is 30.0 Å². The van der Waals surface area contributed by atoms with Gasteiger partial charge in [-0.1, -0.05) is 32.0 Å². The number of rotatable bonds is 7. The quantitative estimate of drug-likeness (QED) is 0.726. The van der Waals surface area contributed by atoms with Gasteiger partial charge < -0.3 is 9.15 Å². The first-order chi connectivity index (χ1) is 9.70. The standard InChI is InChI=1S/C15H19ClN2O2/c1-11(2)12-6-3-4-7-13(12)19-10-15-18-17-14(20-15)8-5-9-16/h3-4,6-7,11H,5,8-10H2,1-2H3. The summed E-state index contributed by atoms with van der Waals surface area (Å²) in [5.41, 5.74) is 1.18. The molecule has 0 radical (unpaired) electrons. The van der Waals surface area contributed by atoms with Crippen molar-refractivity contribution in [3.63, 3.8) is 0 Å². The molecule has 5 heteroatoms. The summed E-state index contributed by atoms with van der Waals surface area (Å²) in [6, 6.07) is 8.00. The summed E-state index contributed by atoms with van der Waals surface area (Å²) < 4.78 is 11.3. The van der Waals surface area contributed by atoms with Crippen LogP contribution in [0.1, 0.15) is 43.5 Å². The van der Waals surface area contributed by atoms with E-state index in [1.807, 2.05) is 18.2 Å². The lowest BCUT2D eigenvalue weighted by Crippen LogP contribution is -2.00. The molecule has 4 nitrogen and oxygen atoms in total. The molecule has 0 amide bonds. The normalized spacial score (nSPS) is 11.0. The van der Waals surface area contributed by atoms with E-state index in [1.54, 1.807) is 0 Å². The van der Waals surface area contributed by atoms with Gasteiger partial charge in [0.2, 0.25) is 5.89 Å². The summed E-state index contributed by atoms with van der Waals surface area (Å²) in [5, 5.41) is 7.94. The third-order valence-corrected chi connectivity index (χ3v) is 3.19. The Kier molecular flexibility index (Phi) is 5.41. The van der Waals surface area contributed by atoms with E-state index >= 15 is 0 Å². The van der Waals surface area contributed by atoms with Gasteiger partial charge in [-0.2, -0.15) is 0 Å². The summed E-state index contributed by atoms with van der Waals surface area (Å²) in [6.07, 6.45) is 1.54. The van der Waals surface area contributed by atoms with E-state index in [4.69, 9.17) is 20.8 Å². The van der Waals surface area contributed by atoms with Gasteiger partial charge in [0.05, 0.1) is 0 Å². The molecule has 1 heterocycles. The Hall–Kier alpha value is -1.55. The maximum atomic E-state index is 5.78. The Morgan fingerprint density at radius 1 is 1.20 bits per heavy atom. The molecule has 0 aliphatic carbocycles. The van der Waals surface area contributed by atoms with E-state index in [2.05, 4.69) is 30.1 Å². The highest BCUT2D eigenvalue weighted by Gasteiger charge is 2.10. The van der Waals surface area contributed by atoms with Crippen LogP contribution in [0.25, 0.3) is 0 Å². The van der Waals surface area contributed by atoms with Gasteiger partial charge in [0.25, 0.3) is 5.89 Å². The molecular formula is C15H19ClN2O2. The molecule has 0 saturated carbocycles. The van der Waals surface area contributed by atoms with Crippen LogP contribution in [-0.2, 0) is 13.0 Å². The molecule has 0 fully saturated rings. The van der Waals surface area contributed by atoms with Crippen LogP contribution in [0.5, 0.6) is 5.75 Å². The number of para-hydroxylation sites is 1. The van der Waals surface area contributed by atoms with Gasteiger partial charge in [-0.15, -0.1) is 21.8 Å². The summed E-state index contributed by atoms with van der Waals surface area (Å²) in [5.74, 6) is 2.97. The van der Waals surface area contributed by atoms with E-state index in [1.165, 1.54) is 5.56 Å². The maximum Gasteiger partial charge on any atom is 0.253 e. The fourth-order valence-corrected chi connectivity index (χ4v) is 2.03. The minimum Gasteiger partial charge on any atom is -0.484 e. The number of halogens is 1. The molecule has 0 aliphatic rings. The van der Waals surface area contributed by atoms with Crippen LogP contribution in [0.3, 0.4) is 0 Å². The predicted molar refractivity (Wildman–Crippen MR) is 78.2 cm³/mol. The van der Waals surface area contributed by atoms with E-state index in [-0.39, 0.29) is 6.61 Å². The number of hydrogen-bond acceptors (Lipinski definition) is 4. The number of aromatic nitrogens is 2. The van der Waals surface area contributed by atoms with Crippen LogP contribution in [-0.4, -0.2) is 16.1 Å². The second-order valence-electron chi connectivity index (χ2n) is 4.86. The minimum atomic E-state index is 0.289. The molecule has 108 valence electrons. The van der Waals surface area contributed by atoms with Crippen LogP contribution in [0.15, 0.2) is 28.7 Å². The first kappa shape index (κ1) is 14.9. The molecule has 0 bridgehead atoms. The van der Waals surface area contributed by atoms with Gasteiger partial charge in [-0.3, -0.25) is 0 Å². The number of ether oxygens (including phenoxy) is 1. The van der Waals surface area contributed by atoms with Crippen molar-refractivity contribution < 1.29 is 9.15 Å². The summed E-state index contributed by atoms with van der Waals surface area (Å²) >= 11 is 5.63. The fraction of sp³-hybridized carbons (Fsp3) is 0.467. The molecule has 1 aromatic carbocycles. The second-order valence-corrected chi connectivity index (χ2v) is 5.24. The summed E-state index contributed by atoms with van der Waals surface area (Å²) in [7, 11) is 0. The zero-order chi connectivity index (χ0) is 14.4. The van der Waals surface area contributed by atoms with E-state index in [0.717, 1.165) is 12.2 Å². The van der Waals surface area contributed by atoms with E-state index < -0.39 is 0 Å². The van der Waals surface area contributed by atoms with E-state index in [9.17, 15) is 0 Å². The lowest BCUT2D eigenvalue weighted by Gasteiger charge is -2.12. The molecule has 1 aromatic heterocycles. The van der Waals surface area contributed by atoms with Crippen molar-refractivity contribution in [2.45, 2.75) is 39.2 Å². The van der Waals surface area contributed by atoms with Crippen LogP contribution >= 0.6 is 11.6 Å². The zero-order valence-corrected chi connectivity index (χ0v) is 12.6. The highest BCUT2D eigenvalue weighted by Crippen LogP contribution is 2.26. The monoisotopic (exact) mass is 294 g/mol. The third-order valence-electron chi connectivity index (χ3n) is 2.93. The Morgan fingerprint density at radius 2 is 1.95 bits per heavy atom. The van der Waals surface area contributed by atoms with Gasteiger partial charge in [0.15, 0.2) is 6.61 Å². The van der Waals surface area contributed by atoms with Crippen molar-refractivity contribution in [1.29, 1.82) is 0 Å². The lowest BCUT2D eigenvalue weighted by molar-refractivity contribution is 0.256.